The van der Waals surface area contributed by atoms with Crippen molar-refractivity contribution in [3.05, 3.63) is 35.4 Å². The van der Waals surface area contributed by atoms with Crippen LogP contribution in [0.5, 0.6) is 0 Å². The molecule has 0 heterocycles. The zero-order valence-electron chi connectivity index (χ0n) is 13.9. The molecule has 0 radical (unpaired) electrons. The van der Waals surface area contributed by atoms with Crippen LogP contribution in [0.4, 0.5) is 0 Å². The Morgan fingerprint density at radius 3 is 2.25 bits per heavy atom. The van der Waals surface area contributed by atoms with Gasteiger partial charge >= 0.3 is 0 Å². The molecule has 2 atom stereocenters. The molecule has 1 nitrogen and oxygen atoms in total. The summed E-state index contributed by atoms with van der Waals surface area (Å²) in [7, 11) is 0. The molecule has 0 spiro atoms. The van der Waals surface area contributed by atoms with E-state index in [1.54, 1.807) is 0 Å². The van der Waals surface area contributed by atoms with Crippen LogP contribution >= 0.6 is 0 Å². The van der Waals surface area contributed by atoms with Crippen LogP contribution in [0, 0.1) is 12.8 Å². The first-order valence-corrected chi connectivity index (χ1v) is 8.51. The first-order chi connectivity index (χ1) is 9.71. The van der Waals surface area contributed by atoms with Crippen molar-refractivity contribution < 1.29 is 0 Å². The molecule has 0 saturated heterocycles. The molecule has 0 aliphatic carbocycles. The standard InChI is InChI=1S/C19H33N/c1-5-8-9-17(7-3)15-19(20-14-6-2)18-12-10-16(4)11-13-18/h10-13,17,19-20H,5-9,14-15H2,1-4H3. The number of unbranched alkanes of at least 4 members (excludes halogenated alkanes) is 1. The number of rotatable bonds is 10. The van der Waals surface area contributed by atoms with Crippen LogP contribution in [0.2, 0.25) is 0 Å². The van der Waals surface area contributed by atoms with Crippen molar-refractivity contribution in [1.82, 2.24) is 5.32 Å². The molecule has 2 unspecified atom stereocenters. The first kappa shape index (κ1) is 17.2. The van der Waals surface area contributed by atoms with Gasteiger partial charge in [-0.15, -0.1) is 0 Å². The van der Waals surface area contributed by atoms with Crippen LogP contribution in [0.1, 0.15) is 76.5 Å². The molecule has 0 bridgehead atoms. The Bertz CT molecular complexity index is 341. The molecule has 1 heteroatoms. The van der Waals surface area contributed by atoms with E-state index in [0.29, 0.717) is 6.04 Å². The maximum absolute atomic E-state index is 3.75. The van der Waals surface area contributed by atoms with Crippen molar-refractivity contribution in [2.75, 3.05) is 6.54 Å². The lowest BCUT2D eigenvalue weighted by Gasteiger charge is -2.24. The van der Waals surface area contributed by atoms with Crippen LogP contribution in [0.15, 0.2) is 24.3 Å². The summed E-state index contributed by atoms with van der Waals surface area (Å²) in [5, 5.41) is 3.75. The van der Waals surface area contributed by atoms with Gasteiger partial charge in [0.05, 0.1) is 0 Å². The molecule has 0 aliphatic rings. The average molecular weight is 275 g/mol. The molecule has 20 heavy (non-hydrogen) atoms. The van der Waals surface area contributed by atoms with Crippen molar-refractivity contribution in [2.45, 2.75) is 72.3 Å². The van der Waals surface area contributed by atoms with E-state index in [1.807, 2.05) is 0 Å². The van der Waals surface area contributed by atoms with Gasteiger partial charge in [-0.3, -0.25) is 0 Å². The van der Waals surface area contributed by atoms with Crippen molar-refractivity contribution in [1.29, 1.82) is 0 Å². The summed E-state index contributed by atoms with van der Waals surface area (Å²) in [4.78, 5) is 0. The maximum atomic E-state index is 3.75. The summed E-state index contributed by atoms with van der Waals surface area (Å²) < 4.78 is 0. The lowest BCUT2D eigenvalue weighted by Crippen LogP contribution is -2.24. The third-order valence-electron chi connectivity index (χ3n) is 4.23. The minimum atomic E-state index is 0.525. The second kappa shape index (κ2) is 9.99. The Morgan fingerprint density at radius 2 is 1.70 bits per heavy atom. The van der Waals surface area contributed by atoms with Crippen molar-refractivity contribution in [3.8, 4) is 0 Å². The minimum absolute atomic E-state index is 0.525. The van der Waals surface area contributed by atoms with Gasteiger partial charge in [-0.1, -0.05) is 76.3 Å². The molecule has 0 aromatic heterocycles. The summed E-state index contributed by atoms with van der Waals surface area (Å²) in [5.41, 5.74) is 2.81. The fourth-order valence-corrected chi connectivity index (χ4v) is 2.77. The van der Waals surface area contributed by atoms with Gasteiger partial charge in [0.1, 0.15) is 0 Å². The molecule has 1 rings (SSSR count). The fraction of sp³-hybridized carbons (Fsp3) is 0.684. The predicted molar refractivity (Wildman–Crippen MR) is 90.1 cm³/mol. The summed E-state index contributed by atoms with van der Waals surface area (Å²) in [5.74, 6) is 0.852. The quantitative estimate of drug-likeness (QED) is 0.582. The van der Waals surface area contributed by atoms with Gasteiger partial charge in [-0.05, 0) is 37.8 Å². The van der Waals surface area contributed by atoms with E-state index in [4.69, 9.17) is 0 Å². The third-order valence-corrected chi connectivity index (χ3v) is 4.23. The summed E-state index contributed by atoms with van der Waals surface area (Å²) in [6.07, 6.45) is 7.84. The minimum Gasteiger partial charge on any atom is -0.310 e. The summed E-state index contributed by atoms with van der Waals surface area (Å²) in [6, 6.07) is 9.61. The first-order valence-electron chi connectivity index (χ1n) is 8.51. The van der Waals surface area contributed by atoms with Gasteiger partial charge in [0.15, 0.2) is 0 Å². The predicted octanol–water partition coefficient (Wildman–Crippen LogP) is 5.64. The Labute approximate surface area is 126 Å². The number of hydrogen-bond acceptors (Lipinski definition) is 1. The van der Waals surface area contributed by atoms with Gasteiger partial charge in [0.25, 0.3) is 0 Å². The molecule has 0 fully saturated rings. The van der Waals surface area contributed by atoms with Gasteiger partial charge in [-0.2, -0.15) is 0 Å². The number of hydrogen-bond donors (Lipinski definition) is 1. The topological polar surface area (TPSA) is 12.0 Å². The highest BCUT2D eigenvalue weighted by Gasteiger charge is 2.16. The van der Waals surface area contributed by atoms with E-state index in [1.165, 1.54) is 49.7 Å². The van der Waals surface area contributed by atoms with E-state index >= 15 is 0 Å². The molecule has 1 N–H and O–H groups in total. The lowest BCUT2D eigenvalue weighted by atomic mass is 9.89. The van der Waals surface area contributed by atoms with Gasteiger partial charge in [0, 0.05) is 6.04 Å². The smallest absolute Gasteiger partial charge is 0.0322 e. The Hall–Kier alpha value is -0.820. The lowest BCUT2D eigenvalue weighted by molar-refractivity contribution is 0.353. The third kappa shape index (κ3) is 6.09. The Kier molecular flexibility index (Phi) is 8.60. The maximum Gasteiger partial charge on any atom is 0.0322 e. The Balaban J connectivity index is 2.69. The molecular formula is C19H33N. The van der Waals surface area contributed by atoms with E-state index < -0.39 is 0 Å². The zero-order chi connectivity index (χ0) is 14.8. The van der Waals surface area contributed by atoms with E-state index in [2.05, 4.69) is 57.3 Å². The Morgan fingerprint density at radius 1 is 1.00 bits per heavy atom. The van der Waals surface area contributed by atoms with Crippen molar-refractivity contribution in [3.63, 3.8) is 0 Å². The van der Waals surface area contributed by atoms with Gasteiger partial charge < -0.3 is 5.32 Å². The van der Waals surface area contributed by atoms with Crippen molar-refractivity contribution >= 4 is 0 Å². The number of benzene rings is 1. The highest BCUT2D eigenvalue weighted by molar-refractivity contribution is 5.24. The molecular weight excluding hydrogens is 242 g/mol. The number of nitrogens with one attached hydrogen (secondary N) is 1. The van der Waals surface area contributed by atoms with Gasteiger partial charge in [0.2, 0.25) is 0 Å². The molecule has 1 aromatic rings. The average Bonchev–Trinajstić information content (AvgIpc) is 2.48. The zero-order valence-corrected chi connectivity index (χ0v) is 13.9. The second-order valence-electron chi connectivity index (χ2n) is 6.07. The van der Waals surface area contributed by atoms with Crippen LogP contribution < -0.4 is 5.32 Å². The molecule has 0 amide bonds. The monoisotopic (exact) mass is 275 g/mol. The van der Waals surface area contributed by atoms with Crippen molar-refractivity contribution in [2.24, 2.45) is 5.92 Å². The SMILES string of the molecule is CCCCC(CC)CC(NCCC)c1ccc(C)cc1. The largest absolute Gasteiger partial charge is 0.310 e. The van der Waals surface area contributed by atoms with Crippen LogP contribution in [0.3, 0.4) is 0 Å². The summed E-state index contributed by atoms with van der Waals surface area (Å²) in [6.45, 7) is 10.1. The fourth-order valence-electron chi connectivity index (χ4n) is 2.77. The second-order valence-corrected chi connectivity index (χ2v) is 6.07. The van der Waals surface area contributed by atoms with E-state index in [0.717, 1.165) is 12.5 Å². The number of aryl methyl sites for hydroxylation is 1. The molecule has 1 aromatic carbocycles. The van der Waals surface area contributed by atoms with E-state index in [-0.39, 0.29) is 0 Å². The van der Waals surface area contributed by atoms with Crippen LogP contribution in [0.25, 0.3) is 0 Å². The van der Waals surface area contributed by atoms with Gasteiger partial charge in [-0.25, -0.2) is 0 Å². The summed E-state index contributed by atoms with van der Waals surface area (Å²) >= 11 is 0. The molecule has 0 saturated carbocycles. The normalized spacial score (nSPS) is 14.2. The molecule has 114 valence electrons. The molecule has 0 aliphatic heterocycles. The van der Waals surface area contributed by atoms with Crippen LogP contribution in [-0.2, 0) is 0 Å². The van der Waals surface area contributed by atoms with Crippen LogP contribution in [-0.4, -0.2) is 6.54 Å². The highest BCUT2D eigenvalue weighted by Crippen LogP contribution is 2.27. The van der Waals surface area contributed by atoms with E-state index in [9.17, 15) is 0 Å². The highest BCUT2D eigenvalue weighted by atomic mass is 14.9.